The molecule has 3 rings (SSSR count). The van der Waals surface area contributed by atoms with Crippen LogP contribution in [0.25, 0.3) is 0 Å². The molecular weight excluding hydrogens is 328 g/mol. The zero-order valence-corrected chi connectivity index (χ0v) is 15.2. The number of likely N-dealkylation sites (N-methyl/N-ethyl adjacent to an activating group) is 1. The van der Waals surface area contributed by atoms with Gasteiger partial charge in [0.1, 0.15) is 0 Å². The minimum atomic E-state index is -0.429. The van der Waals surface area contributed by atoms with Gasteiger partial charge in [-0.1, -0.05) is 36.4 Å². The number of fused-ring (bicyclic) bond motifs is 1. The molecule has 5 nitrogen and oxygen atoms in total. The Bertz CT molecular complexity index is 803. The first-order valence-electron chi connectivity index (χ1n) is 8.94. The molecule has 0 aromatic heterocycles. The number of amides is 1. The van der Waals surface area contributed by atoms with Gasteiger partial charge in [-0.25, -0.2) is 4.79 Å². The van der Waals surface area contributed by atoms with Gasteiger partial charge < -0.3 is 10.1 Å². The topological polar surface area (TPSA) is 58.6 Å². The SMILES string of the molecule is CCOC(=O)c1ccccc1NC(=O)CN(C)C1CCc2ccccc21. The van der Waals surface area contributed by atoms with Crippen molar-refractivity contribution in [1.82, 2.24) is 4.90 Å². The summed E-state index contributed by atoms with van der Waals surface area (Å²) in [4.78, 5) is 26.6. The van der Waals surface area contributed by atoms with Crippen molar-refractivity contribution in [2.45, 2.75) is 25.8 Å². The molecule has 1 amide bonds. The van der Waals surface area contributed by atoms with Crippen LogP contribution in [0.5, 0.6) is 0 Å². The number of ether oxygens (including phenoxy) is 1. The molecule has 0 spiro atoms. The summed E-state index contributed by atoms with van der Waals surface area (Å²) in [5, 5.41) is 2.85. The van der Waals surface area contributed by atoms with Crippen LogP contribution in [0.4, 0.5) is 5.69 Å². The first-order valence-corrected chi connectivity index (χ1v) is 8.94. The van der Waals surface area contributed by atoms with Crippen LogP contribution in [0.2, 0.25) is 0 Å². The average Bonchev–Trinajstić information content (AvgIpc) is 3.06. The van der Waals surface area contributed by atoms with E-state index in [0.717, 1.165) is 12.8 Å². The van der Waals surface area contributed by atoms with Crippen LogP contribution in [0.15, 0.2) is 48.5 Å². The first kappa shape index (κ1) is 18.1. The molecule has 136 valence electrons. The molecule has 1 unspecified atom stereocenters. The second kappa shape index (κ2) is 8.15. The average molecular weight is 352 g/mol. The zero-order chi connectivity index (χ0) is 18.5. The van der Waals surface area contributed by atoms with E-state index in [2.05, 4.69) is 28.4 Å². The molecule has 2 aromatic carbocycles. The number of nitrogens with one attached hydrogen (secondary N) is 1. The number of hydrogen-bond acceptors (Lipinski definition) is 4. The van der Waals surface area contributed by atoms with E-state index in [4.69, 9.17) is 4.74 Å². The van der Waals surface area contributed by atoms with Gasteiger partial charge in [-0.3, -0.25) is 9.69 Å². The van der Waals surface area contributed by atoms with Gasteiger partial charge in [0.25, 0.3) is 0 Å². The molecule has 0 radical (unpaired) electrons. The number of carbonyl (C=O) groups excluding carboxylic acids is 2. The second-order valence-corrected chi connectivity index (χ2v) is 6.48. The predicted octanol–water partition coefficient (Wildman–Crippen LogP) is 3.42. The fourth-order valence-electron chi connectivity index (χ4n) is 3.50. The Balaban J connectivity index is 1.66. The van der Waals surface area contributed by atoms with E-state index in [-0.39, 0.29) is 18.5 Å². The maximum Gasteiger partial charge on any atom is 0.340 e. The normalized spacial score (nSPS) is 15.6. The van der Waals surface area contributed by atoms with Crippen molar-refractivity contribution in [3.05, 3.63) is 65.2 Å². The molecule has 5 heteroatoms. The molecule has 0 heterocycles. The van der Waals surface area contributed by atoms with Crippen LogP contribution in [0.1, 0.15) is 40.9 Å². The number of hydrogen-bond donors (Lipinski definition) is 1. The van der Waals surface area contributed by atoms with Gasteiger partial charge in [-0.2, -0.15) is 0 Å². The second-order valence-electron chi connectivity index (χ2n) is 6.48. The van der Waals surface area contributed by atoms with Gasteiger partial charge in [0.05, 0.1) is 24.4 Å². The lowest BCUT2D eigenvalue weighted by Gasteiger charge is -2.24. The largest absolute Gasteiger partial charge is 0.462 e. The van der Waals surface area contributed by atoms with Crippen LogP contribution < -0.4 is 5.32 Å². The molecule has 1 atom stereocenters. The number of para-hydroxylation sites is 1. The smallest absolute Gasteiger partial charge is 0.340 e. The molecule has 0 saturated heterocycles. The molecule has 1 aliphatic rings. The Morgan fingerprint density at radius 3 is 2.69 bits per heavy atom. The number of aryl methyl sites for hydroxylation is 1. The molecule has 1 aliphatic carbocycles. The minimum Gasteiger partial charge on any atom is -0.462 e. The van der Waals surface area contributed by atoms with Gasteiger partial charge in [0.15, 0.2) is 0 Å². The molecule has 26 heavy (non-hydrogen) atoms. The highest BCUT2D eigenvalue weighted by Gasteiger charge is 2.26. The van der Waals surface area contributed by atoms with Crippen LogP contribution in [0.3, 0.4) is 0 Å². The molecular formula is C21H24N2O3. The van der Waals surface area contributed by atoms with Crippen molar-refractivity contribution >= 4 is 17.6 Å². The van der Waals surface area contributed by atoms with E-state index in [1.165, 1.54) is 11.1 Å². The maximum absolute atomic E-state index is 12.5. The van der Waals surface area contributed by atoms with Gasteiger partial charge in [0.2, 0.25) is 5.91 Å². The van der Waals surface area contributed by atoms with Crippen LogP contribution >= 0.6 is 0 Å². The van der Waals surface area contributed by atoms with Crippen molar-refractivity contribution in [3.8, 4) is 0 Å². The lowest BCUT2D eigenvalue weighted by atomic mass is 10.1. The Kier molecular flexibility index (Phi) is 5.68. The van der Waals surface area contributed by atoms with E-state index in [9.17, 15) is 9.59 Å². The zero-order valence-electron chi connectivity index (χ0n) is 15.2. The highest BCUT2D eigenvalue weighted by Crippen LogP contribution is 2.34. The third kappa shape index (κ3) is 3.94. The van der Waals surface area contributed by atoms with E-state index in [1.807, 2.05) is 13.1 Å². The van der Waals surface area contributed by atoms with Gasteiger partial charge in [0, 0.05) is 6.04 Å². The predicted molar refractivity (Wildman–Crippen MR) is 101 cm³/mol. The van der Waals surface area contributed by atoms with E-state index >= 15 is 0 Å². The first-order chi connectivity index (χ1) is 12.6. The molecule has 0 fully saturated rings. The Hall–Kier alpha value is -2.66. The number of benzene rings is 2. The highest BCUT2D eigenvalue weighted by molar-refractivity contribution is 6.01. The summed E-state index contributed by atoms with van der Waals surface area (Å²) in [6.45, 7) is 2.31. The summed E-state index contributed by atoms with van der Waals surface area (Å²) in [6.07, 6.45) is 2.06. The summed E-state index contributed by atoms with van der Waals surface area (Å²) in [7, 11) is 1.96. The van der Waals surface area contributed by atoms with Crippen LogP contribution in [-0.4, -0.2) is 37.0 Å². The fourth-order valence-corrected chi connectivity index (χ4v) is 3.50. The number of esters is 1. The van der Waals surface area contributed by atoms with Gasteiger partial charge in [-0.15, -0.1) is 0 Å². The Morgan fingerprint density at radius 1 is 1.15 bits per heavy atom. The molecule has 0 aliphatic heterocycles. The Labute approximate surface area is 154 Å². The minimum absolute atomic E-state index is 0.145. The number of anilines is 1. The van der Waals surface area contributed by atoms with E-state index in [0.29, 0.717) is 17.9 Å². The van der Waals surface area contributed by atoms with Crippen molar-refractivity contribution in [2.24, 2.45) is 0 Å². The molecule has 0 bridgehead atoms. The maximum atomic E-state index is 12.5. The van der Waals surface area contributed by atoms with E-state index in [1.54, 1.807) is 31.2 Å². The summed E-state index contributed by atoms with van der Waals surface area (Å²) < 4.78 is 5.05. The number of nitrogens with zero attached hydrogens (tertiary/aromatic N) is 1. The fraction of sp³-hybridized carbons (Fsp3) is 0.333. The quantitative estimate of drug-likeness (QED) is 0.810. The third-order valence-electron chi connectivity index (χ3n) is 4.72. The van der Waals surface area contributed by atoms with Gasteiger partial charge in [-0.05, 0) is 50.1 Å². The summed E-state index contributed by atoms with van der Waals surface area (Å²) in [5.41, 5.74) is 3.51. The van der Waals surface area contributed by atoms with Crippen molar-refractivity contribution in [2.75, 3.05) is 25.5 Å². The summed E-state index contributed by atoms with van der Waals surface area (Å²) in [5.74, 6) is -0.574. The summed E-state index contributed by atoms with van der Waals surface area (Å²) >= 11 is 0. The number of rotatable bonds is 6. The molecule has 0 saturated carbocycles. The van der Waals surface area contributed by atoms with Gasteiger partial charge >= 0.3 is 5.97 Å². The highest BCUT2D eigenvalue weighted by atomic mass is 16.5. The standard InChI is InChI=1S/C21H24N2O3/c1-3-26-21(25)17-10-6-7-11-18(17)22-20(24)14-23(2)19-13-12-15-8-4-5-9-16(15)19/h4-11,19H,3,12-14H2,1-2H3,(H,22,24). The Morgan fingerprint density at radius 2 is 1.88 bits per heavy atom. The third-order valence-corrected chi connectivity index (χ3v) is 4.72. The van der Waals surface area contributed by atoms with Crippen molar-refractivity contribution in [3.63, 3.8) is 0 Å². The number of carbonyl (C=O) groups is 2. The van der Waals surface area contributed by atoms with Crippen LogP contribution in [-0.2, 0) is 16.0 Å². The van der Waals surface area contributed by atoms with Crippen LogP contribution in [0, 0.1) is 0 Å². The lowest BCUT2D eigenvalue weighted by molar-refractivity contribution is -0.117. The lowest BCUT2D eigenvalue weighted by Crippen LogP contribution is -2.32. The molecule has 1 N–H and O–H groups in total. The van der Waals surface area contributed by atoms with E-state index < -0.39 is 5.97 Å². The summed E-state index contributed by atoms with van der Waals surface area (Å²) in [6, 6.07) is 15.5. The van der Waals surface area contributed by atoms with Crippen molar-refractivity contribution in [1.29, 1.82) is 0 Å². The molecule has 2 aromatic rings. The van der Waals surface area contributed by atoms with Crippen molar-refractivity contribution < 1.29 is 14.3 Å². The monoisotopic (exact) mass is 352 g/mol.